The molecule has 0 aliphatic carbocycles. The smallest absolute Gasteiger partial charge is 0.324 e. The SMILES string of the molecule is CCOC(=O)C1CNCCN1CC=O.Cl.Cl. The molecule has 16 heavy (non-hydrogen) atoms. The lowest BCUT2D eigenvalue weighted by molar-refractivity contribution is -0.150. The first-order chi connectivity index (χ1) is 6.79. The first-order valence-electron chi connectivity index (χ1n) is 4.84. The van der Waals surface area contributed by atoms with E-state index in [1.807, 2.05) is 4.90 Å². The topological polar surface area (TPSA) is 58.6 Å². The molecule has 1 aliphatic heterocycles. The normalized spacial score (nSPS) is 20.2. The van der Waals surface area contributed by atoms with Gasteiger partial charge < -0.3 is 14.8 Å². The Bertz CT molecular complexity index is 217. The number of nitrogens with zero attached hydrogens (tertiary/aromatic N) is 1. The second-order valence-electron chi connectivity index (χ2n) is 3.13. The van der Waals surface area contributed by atoms with Crippen molar-refractivity contribution in [2.45, 2.75) is 13.0 Å². The molecule has 96 valence electrons. The van der Waals surface area contributed by atoms with Crippen LogP contribution >= 0.6 is 24.8 Å². The molecule has 1 unspecified atom stereocenters. The summed E-state index contributed by atoms with van der Waals surface area (Å²) in [6.45, 7) is 4.53. The van der Waals surface area contributed by atoms with Crippen LogP contribution in [-0.4, -0.2) is 56.0 Å². The fourth-order valence-corrected chi connectivity index (χ4v) is 1.53. The summed E-state index contributed by atoms with van der Waals surface area (Å²) in [5.41, 5.74) is 0. The fraction of sp³-hybridized carbons (Fsp3) is 0.778. The van der Waals surface area contributed by atoms with E-state index >= 15 is 0 Å². The molecule has 0 aromatic rings. The molecular formula is C9H18Cl2N2O3. The highest BCUT2D eigenvalue weighted by Gasteiger charge is 2.28. The van der Waals surface area contributed by atoms with Gasteiger partial charge in [0.15, 0.2) is 0 Å². The Morgan fingerprint density at radius 1 is 1.56 bits per heavy atom. The van der Waals surface area contributed by atoms with Crippen molar-refractivity contribution >= 4 is 37.1 Å². The highest BCUT2D eigenvalue weighted by molar-refractivity contribution is 5.85. The molecular weight excluding hydrogens is 255 g/mol. The zero-order valence-corrected chi connectivity index (χ0v) is 10.8. The van der Waals surface area contributed by atoms with Crippen LogP contribution < -0.4 is 5.32 Å². The maximum atomic E-state index is 11.5. The Morgan fingerprint density at radius 3 is 2.81 bits per heavy atom. The highest BCUT2D eigenvalue weighted by atomic mass is 35.5. The third-order valence-corrected chi connectivity index (χ3v) is 2.22. The summed E-state index contributed by atoms with van der Waals surface area (Å²) < 4.78 is 4.92. The lowest BCUT2D eigenvalue weighted by Crippen LogP contribution is -2.55. The number of halogens is 2. The first kappa shape index (κ1) is 18.0. The minimum atomic E-state index is -0.311. The number of aldehydes is 1. The van der Waals surface area contributed by atoms with E-state index in [2.05, 4.69) is 5.32 Å². The Kier molecular flexibility index (Phi) is 11.1. The van der Waals surface area contributed by atoms with Crippen LogP contribution in [-0.2, 0) is 14.3 Å². The van der Waals surface area contributed by atoms with E-state index in [9.17, 15) is 9.59 Å². The van der Waals surface area contributed by atoms with Gasteiger partial charge >= 0.3 is 5.97 Å². The van der Waals surface area contributed by atoms with Crippen molar-refractivity contribution < 1.29 is 14.3 Å². The molecule has 1 rings (SSSR count). The van der Waals surface area contributed by atoms with Gasteiger partial charge in [0.25, 0.3) is 0 Å². The predicted molar refractivity (Wildman–Crippen MR) is 65.4 cm³/mol. The van der Waals surface area contributed by atoms with Crippen molar-refractivity contribution in [1.82, 2.24) is 10.2 Å². The predicted octanol–water partition coefficient (Wildman–Crippen LogP) is -0.134. The van der Waals surface area contributed by atoms with E-state index in [0.29, 0.717) is 26.2 Å². The zero-order chi connectivity index (χ0) is 10.4. The summed E-state index contributed by atoms with van der Waals surface area (Å²) in [7, 11) is 0. The quantitative estimate of drug-likeness (QED) is 0.571. The number of hydrogen-bond acceptors (Lipinski definition) is 5. The monoisotopic (exact) mass is 272 g/mol. The maximum Gasteiger partial charge on any atom is 0.324 e. The first-order valence-corrected chi connectivity index (χ1v) is 4.84. The lowest BCUT2D eigenvalue weighted by Gasteiger charge is -2.32. The molecule has 0 aromatic carbocycles. The maximum absolute atomic E-state index is 11.5. The number of carbonyl (C=O) groups excluding carboxylic acids is 2. The van der Waals surface area contributed by atoms with Gasteiger partial charge in [0.1, 0.15) is 12.3 Å². The van der Waals surface area contributed by atoms with Crippen molar-refractivity contribution in [2.75, 3.05) is 32.8 Å². The number of piperazine rings is 1. The minimum Gasteiger partial charge on any atom is -0.465 e. The van der Waals surface area contributed by atoms with E-state index in [1.165, 1.54) is 0 Å². The average molecular weight is 273 g/mol. The van der Waals surface area contributed by atoms with Crippen LogP contribution in [0.5, 0.6) is 0 Å². The lowest BCUT2D eigenvalue weighted by atomic mass is 10.2. The molecule has 0 amide bonds. The van der Waals surface area contributed by atoms with Gasteiger partial charge in [-0.25, -0.2) is 0 Å². The minimum absolute atomic E-state index is 0. The number of rotatable bonds is 4. The third kappa shape index (κ3) is 5.12. The summed E-state index contributed by atoms with van der Waals surface area (Å²) in [6, 6.07) is -0.311. The number of hydrogen-bond donors (Lipinski definition) is 1. The van der Waals surface area contributed by atoms with Crippen LogP contribution in [0.25, 0.3) is 0 Å². The summed E-state index contributed by atoms with van der Waals surface area (Å²) in [4.78, 5) is 23.7. The van der Waals surface area contributed by atoms with Crippen LogP contribution in [0.2, 0.25) is 0 Å². The Labute approximate surface area is 108 Å². The van der Waals surface area contributed by atoms with E-state index in [0.717, 1.165) is 12.8 Å². The van der Waals surface area contributed by atoms with Gasteiger partial charge in [-0.2, -0.15) is 0 Å². The second kappa shape index (κ2) is 9.84. The standard InChI is InChI=1S/C9H16N2O3.2ClH/c1-2-14-9(13)8-7-10-3-4-11(8)5-6-12;;/h6,8,10H,2-5,7H2,1H3;2*1H. The molecule has 7 heteroatoms. The Hall–Kier alpha value is -0.360. The number of carbonyl (C=O) groups is 2. The van der Waals surface area contributed by atoms with Gasteiger partial charge in [0, 0.05) is 19.6 Å². The number of nitrogens with one attached hydrogen (secondary N) is 1. The van der Waals surface area contributed by atoms with E-state index < -0.39 is 0 Å². The van der Waals surface area contributed by atoms with Crippen molar-refractivity contribution in [3.8, 4) is 0 Å². The van der Waals surface area contributed by atoms with Crippen LogP contribution in [0.1, 0.15) is 6.92 Å². The van der Waals surface area contributed by atoms with Gasteiger partial charge in [-0.3, -0.25) is 9.69 Å². The molecule has 0 radical (unpaired) electrons. The molecule has 1 atom stereocenters. The van der Waals surface area contributed by atoms with Crippen molar-refractivity contribution in [1.29, 1.82) is 0 Å². The summed E-state index contributed by atoms with van der Waals surface area (Å²) in [6.07, 6.45) is 0.817. The average Bonchev–Trinajstić information content (AvgIpc) is 2.19. The number of esters is 1. The zero-order valence-electron chi connectivity index (χ0n) is 9.18. The summed E-state index contributed by atoms with van der Waals surface area (Å²) in [5.74, 6) is -0.249. The molecule has 0 bridgehead atoms. The van der Waals surface area contributed by atoms with E-state index in [1.54, 1.807) is 6.92 Å². The molecule has 1 saturated heterocycles. The molecule has 5 nitrogen and oxygen atoms in total. The second-order valence-corrected chi connectivity index (χ2v) is 3.13. The van der Waals surface area contributed by atoms with Crippen molar-refractivity contribution in [3.05, 3.63) is 0 Å². The molecule has 0 aromatic heterocycles. The molecule has 1 aliphatic rings. The molecule has 0 spiro atoms. The summed E-state index contributed by atoms with van der Waals surface area (Å²) in [5, 5.41) is 3.10. The van der Waals surface area contributed by atoms with Crippen LogP contribution in [0.15, 0.2) is 0 Å². The molecule has 0 saturated carbocycles. The third-order valence-electron chi connectivity index (χ3n) is 2.22. The van der Waals surface area contributed by atoms with Gasteiger partial charge in [0.2, 0.25) is 0 Å². The van der Waals surface area contributed by atoms with Crippen LogP contribution in [0, 0.1) is 0 Å². The van der Waals surface area contributed by atoms with Crippen molar-refractivity contribution in [2.24, 2.45) is 0 Å². The van der Waals surface area contributed by atoms with Crippen molar-refractivity contribution in [3.63, 3.8) is 0 Å². The molecule has 1 fully saturated rings. The van der Waals surface area contributed by atoms with Gasteiger partial charge in [-0.1, -0.05) is 0 Å². The highest BCUT2D eigenvalue weighted by Crippen LogP contribution is 2.04. The van der Waals surface area contributed by atoms with Gasteiger partial charge in [-0.15, -0.1) is 24.8 Å². The Morgan fingerprint density at radius 2 is 2.25 bits per heavy atom. The Balaban J connectivity index is 0. The van der Waals surface area contributed by atoms with Crippen LogP contribution in [0.4, 0.5) is 0 Å². The molecule has 1 heterocycles. The van der Waals surface area contributed by atoms with Gasteiger partial charge in [0.05, 0.1) is 13.2 Å². The van der Waals surface area contributed by atoms with E-state index in [-0.39, 0.29) is 36.8 Å². The largest absolute Gasteiger partial charge is 0.465 e. The van der Waals surface area contributed by atoms with E-state index in [4.69, 9.17) is 4.74 Å². The number of ether oxygens (including phenoxy) is 1. The molecule has 1 N–H and O–H groups in total. The van der Waals surface area contributed by atoms with Crippen LogP contribution in [0.3, 0.4) is 0 Å². The fourth-order valence-electron chi connectivity index (χ4n) is 1.53. The summed E-state index contributed by atoms with van der Waals surface area (Å²) >= 11 is 0. The van der Waals surface area contributed by atoms with Gasteiger partial charge in [-0.05, 0) is 6.92 Å².